The fourth-order valence-corrected chi connectivity index (χ4v) is 4.68. The molecule has 2 amide bonds. The van der Waals surface area contributed by atoms with Crippen molar-refractivity contribution in [3.8, 4) is 0 Å². The molecule has 0 saturated carbocycles. The van der Waals surface area contributed by atoms with Gasteiger partial charge in [0.2, 0.25) is 21.8 Å². The van der Waals surface area contributed by atoms with E-state index >= 15 is 0 Å². The monoisotopic (exact) mass is 501 g/mol. The number of amides is 2. The third kappa shape index (κ3) is 8.09. The maximum absolute atomic E-state index is 13.6. The van der Waals surface area contributed by atoms with E-state index < -0.39 is 22.0 Å². The van der Waals surface area contributed by atoms with Gasteiger partial charge in [0, 0.05) is 13.1 Å². The zero-order valence-corrected chi connectivity index (χ0v) is 22.6. The largest absolute Gasteiger partial charge is 0.354 e. The lowest BCUT2D eigenvalue weighted by Gasteiger charge is -2.32. The minimum absolute atomic E-state index is 0.0671. The van der Waals surface area contributed by atoms with Crippen LogP contribution in [0.25, 0.3) is 0 Å². The molecule has 0 aliphatic carbocycles. The standard InChI is InChI=1S/C27H39N3O4S/c1-7-8-17-28-27(32)22(5)29(18-23-15-13-21(4)14-16-23)26(31)19-30(35(6,33)34)25-12-10-9-11-24(25)20(2)3/h9-16,20,22H,7-8,17-19H2,1-6H3,(H,28,32)/t22-/m1/s1. The van der Waals surface area contributed by atoms with E-state index in [1.54, 1.807) is 19.1 Å². The normalized spacial score (nSPS) is 12.3. The van der Waals surface area contributed by atoms with Crippen molar-refractivity contribution in [3.63, 3.8) is 0 Å². The first kappa shape index (κ1) is 28.4. The minimum atomic E-state index is -3.76. The molecule has 8 heteroatoms. The zero-order chi connectivity index (χ0) is 26.2. The molecule has 2 aromatic rings. The molecule has 35 heavy (non-hydrogen) atoms. The molecule has 2 aromatic carbocycles. The van der Waals surface area contributed by atoms with Gasteiger partial charge in [0.25, 0.3) is 0 Å². The minimum Gasteiger partial charge on any atom is -0.354 e. The van der Waals surface area contributed by atoms with Crippen LogP contribution in [0.1, 0.15) is 63.1 Å². The first-order chi connectivity index (χ1) is 16.5. The van der Waals surface area contributed by atoms with Crippen molar-refractivity contribution in [2.75, 3.05) is 23.7 Å². The molecule has 0 bridgehead atoms. The zero-order valence-electron chi connectivity index (χ0n) is 21.7. The van der Waals surface area contributed by atoms with Crippen molar-refractivity contribution in [1.29, 1.82) is 0 Å². The second kappa shape index (κ2) is 12.7. The predicted octanol–water partition coefficient (Wildman–Crippen LogP) is 4.22. The van der Waals surface area contributed by atoms with Gasteiger partial charge in [0.05, 0.1) is 11.9 Å². The number of nitrogens with zero attached hydrogens (tertiary/aromatic N) is 2. The Morgan fingerprint density at radius 3 is 2.20 bits per heavy atom. The molecule has 0 heterocycles. The van der Waals surface area contributed by atoms with Gasteiger partial charge >= 0.3 is 0 Å². The van der Waals surface area contributed by atoms with Gasteiger partial charge in [-0.05, 0) is 43.4 Å². The van der Waals surface area contributed by atoms with Crippen molar-refractivity contribution >= 4 is 27.5 Å². The number of carbonyl (C=O) groups excluding carboxylic acids is 2. The van der Waals surface area contributed by atoms with Crippen molar-refractivity contribution in [3.05, 3.63) is 65.2 Å². The number of para-hydroxylation sites is 1. The summed E-state index contributed by atoms with van der Waals surface area (Å²) in [6.45, 7) is 10.0. The number of unbranched alkanes of at least 4 members (excludes halogenated alkanes) is 1. The summed E-state index contributed by atoms with van der Waals surface area (Å²) in [6, 6.07) is 14.2. The van der Waals surface area contributed by atoms with Crippen LogP contribution in [0.3, 0.4) is 0 Å². The van der Waals surface area contributed by atoms with Gasteiger partial charge in [-0.15, -0.1) is 0 Å². The maximum atomic E-state index is 13.6. The van der Waals surface area contributed by atoms with Gasteiger partial charge in [-0.25, -0.2) is 8.42 Å². The average molecular weight is 502 g/mol. The summed E-state index contributed by atoms with van der Waals surface area (Å²) in [5, 5.41) is 2.89. The number of sulfonamides is 1. The number of rotatable bonds is 12. The lowest BCUT2D eigenvalue weighted by Crippen LogP contribution is -2.51. The molecule has 0 spiro atoms. The highest BCUT2D eigenvalue weighted by Crippen LogP contribution is 2.29. The van der Waals surface area contributed by atoms with Crippen molar-refractivity contribution in [1.82, 2.24) is 10.2 Å². The van der Waals surface area contributed by atoms with Crippen LogP contribution in [-0.4, -0.2) is 50.5 Å². The Morgan fingerprint density at radius 2 is 1.63 bits per heavy atom. The molecule has 1 N–H and O–H groups in total. The second-order valence-electron chi connectivity index (χ2n) is 9.31. The van der Waals surface area contributed by atoms with Crippen molar-refractivity contribution in [2.45, 2.75) is 66.0 Å². The molecule has 0 radical (unpaired) electrons. The van der Waals surface area contributed by atoms with Gasteiger partial charge in [-0.2, -0.15) is 0 Å². The molecule has 0 aliphatic rings. The molecule has 0 aromatic heterocycles. The Balaban J connectivity index is 2.40. The number of hydrogen-bond acceptors (Lipinski definition) is 4. The van der Waals surface area contributed by atoms with Crippen LogP contribution in [0.15, 0.2) is 48.5 Å². The Bertz CT molecular complexity index is 1100. The molecular weight excluding hydrogens is 462 g/mol. The highest BCUT2D eigenvalue weighted by atomic mass is 32.2. The number of hydrogen-bond donors (Lipinski definition) is 1. The van der Waals surface area contributed by atoms with E-state index in [1.807, 2.05) is 64.1 Å². The maximum Gasteiger partial charge on any atom is 0.244 e. The predicted molar refractivity (Wildman–Crippen MR) is 142 cm³/mol. The Labute approximate surface area is 210 Å². The highest BCUT2D eigenvalue weighted by Gasteiger charge is 2.31. The summed E-state index contributed by atoms with van der Waals surface area (Å²) >= 11 is 0. The molecule has 2 rings (SSSR count). The molecule has 192 valence electrons. The summed E-state index contributed by atoms with van der Waals surface area (Å²) in [5.74, 6) is -0.627. The molecule has 0 unspecified atom stereocenters. The van der Waals surface area contributed by atoms with E-state index in [1.165, 1.54) is 4.90 Å². The van der Waals surface area contributed by atoms with Crippen molar-refractivity contribution < 1.29 is 18.0 Å². The van der Waals surface area contributed by atoms with E-state index in [0.717, 1.165) is 40.1 Å². The lowest BCUT2D eigenvalue weighted by atomic mass is 10.0. The van der Waals surface area contributed by atoms with Crippen LogP contribution in [0, 0.1) is 6.92 Å². The fraction of sp³-hybridized carbons (Fsp3) is 0.481. The number of nitrogens with one attached hydrogen (secondary N) is 1. The average Bonchev–Trinajstić information content (AvgIpc) is 2.80. The van der Waals surface area contributed by atoms with E-state index in [2.05, 4.69) is 5.32 Å². The number of aryl methyl sites for hydroxylation is 1. The molecular formula is C27H39N3O4S. The number of carbonyl (C=O) groups is 2. The van der Waals surface area contributed by atoms with E-state index in [4.69, 9.17) is 0 Å². The van der Waals surface area contributed by atoms with Crippen LogP contribution < -0.4 is 9.62 Å². The quantitative estimate of drug-likeness (QED) is 0.441. The summed E-state index contributed by atoms with van der Waals surface area (Å²) in [5.41, 5.74) is 3.27. The summed E-state index contributed by atoms with van der Waals surface area (Å²) in [4.78, 5) is 28.0. The van der Waals surface area contributed by atoms with Crippen LogP contribution in [0.5, 0.6) is 0 Å². The van der Waals surface area contributed by atoms with E-state index in [-0.39, 0.29) is 24.9 Å². The molecule has 0 fully saturated rings. The second-order valence-corrected chi connectivity index (χ2v) is 11.2. The summed E-state index contributed by atoms with van der Waals surface area (Å²) < 4.78 is 26.8. The van der Waals surface area contributed by atoms with E-state index in [9.17, 15) is 18.0 Å². The lowest BCUT2D eigenvalue weighted by molar-refractivity contribution is -0.139. The third-order valence-electron chi connectivity index (χ3n) is 5.98. The van der Waals surface area contributed by atoms with Gasteiger partial charge in [0.1, 0.15) is 12.6 Å². The summed E-state index contributed by atoms with van der Waals surface area (Å²) in [7, 11) is -3.76. The smallest absolute Gasteiger partial charge is 0.244 e. The Kier molecular flexibility index (Phi) is 10.3. The van der Waals surface area contributed by atoms with Crippen LogP contribution in [0.4, 0.5) is 5.69 Å². The third-order valence-corrected chi connectivity index (χ3v) is 7.10. The van der Waals surface area contributed by atoms with Crippen LogP contribution >= 0.6 is 0 Å². The van der Waals surface area contributed by atoms with Crippen LogP contribution in [0.2, 0.25) is 0 Å². The van der Waals surface area contributed by atoms with Gasteiger partial charge in [0.15, 0.2) is 0 Å². The fourth-order valence-electron chi connectivity index (χ4n) is 3.81. The summed E-state index contributed by atoms with van der Waals surface area (Å²) in [6.07, 6.45) is 2.89. The Hall–Kier alpha value is -2.87. The number of benzene rings is 2. The van der Waals surface area contributed by atoms with Gasteiger partial charge in [-0.3, -0.25) is 13.9 Å². The SMILES string of the molecule is CCCCNC(=O)[C@@H](C)N(Cc1ccc(C)cc1)C(=O)CN(c1ccccc1C(C)C)S(C)(=O)=O. The molecule has 0 saturated heterocycles. The Morgan fingerprint density at radius 1 is 1.00 bits per heavy atom. The van der Waals surface area contributed by atoms with Gasteiger partial charge < -0.3 is 10.2 Å². The highest BCUT2D eigenvalue weighted by molar-refractivity contribution is 7.92. The first-order valence-electron chi connectivity index (χ1n) is 12.1. The first-order valence-corrected chi connectivity index (χ1v) is 14.0. The topological polar surface area (TPSA) is 86.8 Å². The molecule has 0 aliphatic heterocycles. The molecule has 7 nitrogen and oxygen atoms in total. The van der Waals surface area contributed by atoms with Crippen LogP contribution in [-0.2, 0) is 26.2 Å². The van der Waals surface area contributed by atoms with Gasteiger partial charge in [-0.1, -0.05) is 75.2 Å². The number of anilines is 1. The molecule has 1 atom stereocenters. The van der Waals surface area contributed by atoms with Crippen molar-refractivity contribution in [2.24, 2.45) is 0 Å². The van der Waals surface area contributed by atoms with E-state index in [0.29, 0.717) is 12.2 Å².